The zero-order valence-electron chi connectivity index (χ0n) is 10.0. The predicted molar refractivity (Wildman–Crippen MR) is 71.1 cm³/mol. The van der Waals surface area contributed by atoms with Crippen molar-refractivity contribution in [3.8, 4) is 0 Å². The lowest BCUT2D eigenvalue weighted by molar-refractivity contribution is -0.122. The zero-order chi connectivity index (χ0) is 14.7. The van der Waals surface area contributed by atoms with Crippen LogP contribution in [0, 0.1) is 0 Å². The number of thiazole rings is 1. The molecule has 0 bridgehead atoms. The number of nitrogens with zero attached hydrogens (tertiary/aromatic N) is 2. The highest BCUT2D eigenvalue weighted by Crippen LogP contribution is 2.17. The van der Waals surface area contributed by atoms with Gasteiger partial charge in [-0.05, 0) is 0 Å². The monoisotopic (exact) mass is 294 g/mol. The minimum absolute atomic E-state index is 0.185. The molecule has 2 unspecified atom stereocenters. The molecule has 0 aromatic carbocycles. The number of ketones is 1. The molecule has 2 rings (SSSR count). The minimum Gasteiger partial charge on any atom is -0.379 e. The summed E-state index contributed by atoms with van der Waals surface area (Å²) >= 11 is 1.14. The molecule has 0 fully saturated rings. The van der Waals surface area contributed by atoms with Crippen molar-refractivity contribution in [2.24, 2.45) is 4.99 Å². The van der Waals surface area contributed by atoms with Crippen molar-refractivity contribution >= 4 is 40.7 Å². The molecule has 104 valence electrons. The quantitative estimate of drug-likeness (QED) is 0.608. The number of carbonyl (C=O) groups is 3. The average molecular weight is 294 g/mol. The summed E-state index contributed by atoms with van der Waals surface area (Å²) in [7, 11) is 0. The first-order valence-corrected chi connectivity index (χ1v) is 6.34. The third-order valence-electron chi connectivity index (χ3n) is 2.44. The van der Waals surface area contributed by atoms with Gasteiger partial charge in [0.25, 0.3) is 5.91 Å². The van der Waals surface area contributed by atoms with E-state index in [2.05, 4.69) is 15.3 Å². The Bertz CT molecular complexity index is 622. The molecule has 1 aromatic rings. The summed E-state index contributed by atoms with van der Waals surface area (Å²) in [6.07, 6.45) is 1.02. The molecule has 9 heteroatoms. The number of anilines is 1. The van der Waals surface area contributed by atoms with Crippen LogP contribution in [-0.4, -0.2) is 40.4 Å². The summed E-state index contributed by atoms with van der Waals surface area (Å²) in [6.45, 7) is 0. The molecule has 8 nitrogen and oxygen atoms in total. The third-order valence-corrected chi connectivity index (χ3v) is 3.13. The van der Waals surface area contributed by atoms with E-state index in [9.17, 15) is 14.4 Å². The van der Waals surface area contributed by atoms with Crippen molar-refractivity contribution in [2.75, 3.05) is 5.73 Å². The Morgan fingerprint density at radius 2 is 2.35 bits per heavy atom. The second-order valence-corrected chi connectivity index (χ2v) is 4.74. The second-order valence-electron chi connectivity index (χ2n) is 3.85. The van der Waals surface area contributed by atoms with E-state index in [1.54, 1.807) is 5.38 Å². The lowest BCUT2D eigenvalue weighted by Gasteiger charge is -2.13. The van der Waals surface area contributed by atoms with Crippen molar-refractivity contribution in [3.05, 3.63) is 22.8 Å². The molecule has 0 saturated heterocycles. The topological polar surface area (TPSA) is 135 Å². The Kier molecular flexibility index (Phi) is 4.01. The summed E-state index contributed by atoms with van der Waals surface area (Å²) in [4.78, 5) is 41.6. The molecule has 20 heavy (non-hydrogen) atoms. The molecule has 4 N–H and O–H groups in total. The Morgan fingerprint density at radius 1 is 1.60 bits per heavy atom. The number of hydrogen-bond donors (Lipinski definition) is 3. The first kappa shape index (κ1) is 14.0. The average Bonchev–Trinajstić information content (AvgIpc) is 2.85. The van der Waals surface area contributed by atoms with Gasteiger partial charge in [0, 0.05) is 17.7 Å². The van der Waals surface area contributed by atoms with Gasteiger partial charge in [-0.1, -0.05) is 0 Å². The van der Waals surface area contributed by atoms with E-state index >= 15 is 0 Å². The Morgan fingerprint density at radius 3 is 2.90 bits per heavy atom. The van der Waals surface area contributed by atoms with Gasteiger partial charge in [0.15, 0.2) is 17.0 Å². The van der Waals surface area contributed by atoms with E-state index in [0.717, 1.165) is 23.6 Å². The van der Waals surface area contributed by atoms with E-state index in [0.29, 0.717) is 12.0 Å². The lowest BCUT2D eigenvalue weighted by Crippen LogP contribution is -2.33. The third kappa shape index (κ3) is 2.95. The normalized spacial score (nSPS) is 19.4. The minimum atomic E-state index is -1.34. The number of carbonyl (C=O) groups excluding carboxylic acids is 3. The van der Waals surface area contributed by atoms with Gasteiger partial charge in [0.2, 0.25) is 0 Å². The van der Waals surface area contributed by atoms with Gasteiger partial charge in [-0.15, -0.1) is 11.3 Å². The van der Waals surface area contributed by atoms with Gasteiger partial charge in [-0.2, -0.15) is 0 Å². The molecular formula is C11H10N4O4S. The maximum atomic E-state index is 11.9. The van der Waals surface area contributed by atoms with Crippen molar-refractivity contribution in [2.45, 2.75) is 12.1 Å². The highest BCUT2D eigenvalue weighted by molar-refractivity contribution is 7.13. The van der Waals surface area contributed by atoms with Crippen LogP contribution in [-0.2, 0) is 14.4 Å². The van der Waals surface area contributed by atoms with Gasteiger partial charge >= 0.3 is 0 Å². The number of aromatic nitrogens is 1. The smallest absolute Gasteiger partial charge is 0.270 e. The number of nitrogens with two attached hydrogens (primary N) is 1. The summed E-state index contributed by atoms with van der Waals surface area (Å²) in [5.74, 6) is -1.36. The number of hydrogen-bond acceptors (Lipinski definition) is 8. The standard InChI is InChI=1S/C11H10N4O4S/c12-11-15-7(4-20-11)6(3-16)14-10(19)5-1-8(17)9(18)2-13-5/h1-4,6,9,18H,(H2,12,15)(H,14,19). The van der Waals surface area contributed by atoms with Crippen LogP contribution < -0.4 is 11.1 Å². The van der Waals surface area contributed by atoms with Crippen molar-refractivity contribution < 1.29 is 19.5 Å². The van der Waals surface area contributed by atoms with E-state index in [4.69, 9.17) is 10.8 Å². The highest BCUT2D eigenvalue weighted by atomic mass is 32.1. The summed E-state index contributed by atoms with van der Waals surface area (Å²) in [6, 6.07) is -0.978. The number of aliphatic hydroxyl groups is 1. The Balaban J connectivity index is 2.11. The molecule has 2 heterocycles. The number of amides is 1. The Labute approximate surface area is 117 Å². The van der Waals surface area contributed by atoms with E-state index in [1.165, 1.54) is 0 Å². The van der Waals surface area contributed by atoms with Gasteiger partial charge in [-0.3, -0.25) is 14.6 Å². The lowest BCUT2D eigenvalue weighted by atomic mass is 10.1. The molecule has 0 radical (unpaired) electrons. The maximum absolute atomic E-state index is 11.9. The number of aldehydes is 1. The number of nitrogen functional groups attached to an aromatic ring is 1. The SMILES string of the molecule is Nc1nc(C(C=O)NC(=O)C2=CC(=O)C(O)C=N2)cs1. The van der Waals surface area contributed by atoms with Gasteiger partial charge in [-0.25, -0.2) is 4.98 Å². The molecule has 0 spiro atoms. The molecule has 0 saturated carbocycles. The molecule has 0 aliphatic carbocycles. The van der Waals surface area contributed by atoms with Crippen LogP contribution in [0.25, 0.3) is 0 Å². The van der Waals surface area contributed by atoms with E-state index in [-0.39, 0.29) is 10.8 Å². The Hall–Kier alpha value is -2.39. The summed E-state index contributed by atoms with van der Waals surface area (Å²) in [5, 5.41) is 13.3. The van der Waals surface area contributed by atoms with Crippen LogP contribution >= 0.6 is 11.3 Å². The molecule has 1 aliphatic heterocycles. The largest absolute Gasteiger partial charge is 0.379 e. The van der Waals surface area contributed by atoms with E-state index < -0.39 is 23.8 Å². The van der Waals surface area contributed by atoms with Gasteiger partial charge < -0.3 is 21.0 Å². The van der Waals surface area contributed by atoms with Gasteiger partial charge in [0.05, 0.1) is 5.69 Å². The van der Waals surface area contributed by atoms with Crippen molar-refractivity contribution in [1.29, 1.82) is 0 Å². The van der Waals surface area contributed by atoms with Crippen LogP contribution in [0.2, 0.25) is 0 Å². The first-order valence-electron chi connectivity index (χ1n) is 5.46. The molecule has 1 aliphatic rings. The first-order chi connectivity index (χ1) is 9.51. The zero-order valence-corrected chi connectivity index (χ0v) is 10.8. The fourth-order valence-corrected chi connectivity index (χ4v) is 2.04. The molecule has 1 aromatic heterocycles. The van der Waals surface area contributed by atoms with Crippen LogP contribution in [0.3, 0.4) is 0 Å². The summed E-state index contributed by atoms with van der Waals surface area (Å²) in [5.41, 5.74) is 5.57. The number of nitrogens with one attached hydrogen (secondary N) is 1. The molecule has 2 atom stereocenters. The van der Waals surface area contributed by atoms with Crippen LogP contribution in [0.5, 0.6) is 0 Å². The van der Waals surface area contributed by atoms with E-state index in [1.807, 2.05) is 0 Å². The maximum Gasteiger partial charge on any atom is 0.270 e. The van der Waals surface area contributed by atoms with Crippen molar-refractivity contribution in [3.63, 3.8) is 0 Å². The van der Waals surface area contributed by atoms with Gasteiger partial charge in [0.1, 0.15) is 18.0 Å². The van der Waals surface area contributed by atoms with Crippen LogP contribution in [0.15, 0.2) is 22.1 Å². The molecular weight excluding hydrogens is 284 g/mol. The molecule has 1 amide bonds. The van der Waals surface area contributed by atoms with Crippen molar-refractivity contribution in [1.82, 2.24) is 10.3 Å². The number of aliphatic imine (C=N–C) groups is 1. The summed E-state index contributed by atoms with van der Waals surface area (Å²) < 4.78 is 0. The highest BCUT2D eigenvalue weighted by Gasteiger charge is 2.23. The van der Waals surface area contributed by atoms with Crippen LogP contribution in [0.4, 0.5) is 5.13 Å². The number of rotatable bonds is 4. The predicted octanol–water partition coefficient (Wildman–Crippen LogP) is -1.02. The fraction of sp³-hybridized carbons (Fsp3) is 0.182. The fourth-order valence-electron chi connectivity index (χ4n) is 1.44. The number of aliphatic hydroxyl groups excluding tert-OH is 1. The van der Waals surface area contributed by atoms with Crippen LogP contribution in [0.1, 0.15) is 11.7 Å². The second kappa shape index (κ2) is 5.72.